The Morgan fingerprint density at radius 1 is 0.938 bits per heavy atom. The van der Waals surface area contributed by atoms with Gasteiger partial charge in [-0.3, -0.25) is 4.79 Å². The number of benzene rings is 3. The average Bonchev–Trinajstić information content (AvgIpc) is 3.32. The fraction of sp³-hybridized carbons (Fsp3) is 0.192. The minimum Gasteiger partial charge on any atom is -0.494 e. The molecule has 0 atom stereocenters. The molecule has 6 nitrogen and oxygen atoms in total. The minimum atomic E-state index is 0.000806. The van der Waals surface area contributed by atoms with Crippen molar-refractivity contribution in [1.82, 2.24) is 10.1 Å². The maximum atomic E-state index is 13.1. The van der Waals surface area contributed by atoms with Crippen LogP contribution >= 0.6 is 0 Å². The minimum absolute atomic E-state index is 0.000806. The van der Waals surface area contributed by atoms with E-state index in [4.69, 9.17) is 9.26 Å². The van der Waals surface area contributed by atoms with Gasteiger partial charge in [-0.15, -0.1) is 0 Å². The zero-order valence-electron chi connectivity index (χ0n) is 18.0. The summed E-state index contributed by atoms with van der Waals surface area (Å²) in [7, 11) is 0. The number of hydrogen-bond donors (Lipinski definition) is 0. The first-order valence-electron chi connectivity index (χ1n) is 10.7. The topological polar surface area (TPSA) is 68.5 Å². The van der Waals surface area contributed by atoms with Gasteiger partial charge < -0.3 is 14.2 Å². The Bertz CT molecular complexity index is 1130. The third-order valence-electron chi connectivity index (χ3n) is 5.00. The molecule has 1 amide bonds. The van der Waals surface area contributed by atoms with Crippen LogP contribution in [0.5, 0.6) is 5.75 Å². The third-order valence-corrected chi connectivity index (χ3v) is 5.00. The van der Waals surface area contributed by atoms with Crippen LogP contribution in [0.15, 0.2) is 89.5 Å². The summed E-state index contributed by atoms with van der Waals surface area (Å²) in [5.74, 6) is 1.74. The van der Waals surface area contributed by atoms with E-state index in [1.54, 1.807) is 4.90 Å². The van der Waals surface area contributed by atoms with E-state index in [9.17, 15) is 4.79 Å². The van der Waals surface area contributed by atoms with Crippen molar-refractivity contribution in [3.05, 3.63) is 96.4 Å². The zero-order valence-corrected chi connectivity index (χ0v) is 18.0. The van der Waals surface area contributed by atoms with E-state index in [2.05, 4.69) is 10.1 Å². The molecular formula is C26H25N3O3. The van der Waals surface area contributed by atoms with E-state index in [1.165, 1.54) is 0 Å². The smallest absolute Gasteiger partial charge is 0.227 e. The monoisotopic (exact) mass is 427 g/mol. The normalized spacial score (nSPS) is 10.7. The van der Waals surface area contributed by atoms with Gasteiger partial charge in [0.1, 0.15) is 5.75 Å². The summed E-state index contributed by atoms with van der Waals surface area (Å²) in [6.07, 6.45) is 0.646. The molecule has 0 aliphatic carbocycles. The van der Waals surface area contributed by atoms with E-state index in [0.29, 0.717) is 31.3 Å². The number of aryl methyl sites for hydroxylation is 1. The van der Waals surface area contributed by atoms with Crippen LogP contribution in [0.1, 0.15) is 24.8 Å². The van der Waals surface area contributed by atoms with E-state index in [1.807, 2.05) is 91.9 Å². The predicted molar refractivity (Wildman–Crippen MR) is 123 cm³/mol. The molecule has 1 heterocycles. The number of carbonyl (C=O) groups excluding carboxylic acids is 1. The second-order valence-electron chi connectivity index (χ2n) is 7.27. The Morgan fingerprint density at radius 3 is 2.31 bits per heavy atom. The number of carbonyl (C=O) groups is 1. The first-order valence-corrected chi connectivity index (χ1v) is 10.7. The maximum absolute atomic E-state index is 13.1. The van der Waals surface area contributed by atoms with Crippen LogP contribution in [-0.4, -0.2) is 22.7 Å². The van der Waals surface area contributed by atoms with E-state index in [0.717, 1.165) is 22.6 Å². The highest BCUT2D eigenvalue weighted by Crippen LogP contribution is 2.22. The number of hydrogen-bond acceptors (Lipinski definition) is 5. The lowest BCUT2D eigenvalue weighted by molar-refractivity contribution is -0.118. The highest BCUT2D eigenvalue weighted by molar-refractivity contribution is 5.93. The van der Waals surface area contributed by atoms with Gasteiger partial charge in [0.2, 0.25) is 17.6 Å². The lowest BCUT2D eigenvalue weighted by atomic mass is 10.1. The quantitative estimate of drug-likeness (QED) is 0.362. The number of amides is 1. The van der Waals surface area contributed by atoms with Crippen molar-refractivity contribution in [3.8, 4) is 17.1 Å². The van der Waals surface area contributed by atoms with Crippen molar-refractivity contribution in [3.63, 3.8) is 0 Å². The van der Waals surface area contributed by atoms with Crippen molar-refractivity contribution in [2.75, 3.05) is 11.5 Å². The molecule has 0 saturated heterocycles. The zero-order chi connectivity index (χ0) is 22.2. The van der Waals surface area contributed by atoms with Crippen molar-refractivity contribution < 1.29 is 14.1 Å². The number of anilines is 1. The largest absolute Gasteiger partial charge is 0.494 e. The van der Waals surface area contributed by atoms with Crippen LogP contribution in [0.3, 0.4) is 0 Å². The molecular weight excluding hydrogens is 402 g/mol. The molecule has 0 aliphatic rings. The summed E-state index contributed by atoms with van der Waals surface area (Å²) in [6.45, 7) is 3.06. The molecule has 32 heavy (non-hydrogen) atoms. The second kappa shape index (κ2) is 10.4. The summed E-state index contributed by atoms with van der Waals surface area (Å²) in [5, 5.41) is 4.06. The highest BCUT2D eigenvalue weighted by atomic mass is 16.5. The van der Waals surface area contributed by atoms with Gasteiger partial charge in [-0.05, 0) is 48.9 Å². The number of para-hydroxylation sites is 1. The molecule has 3 aromatic carbocycles. The molecule has 0 spiro atoms. The van der Waals surface area contributed by atoms with Gasteiger partial charge >= 0.3 is 0 Å². The molecule has 162 valence electrons. The molecule has 0 aliphatic heterocycles. The third kappa shape index (κ3) is 5.40. The van der Waals surface area contributed by atoms with Crippen LogP contribution < -0.4 is 9.64 Å². The lowest BCUT2D eigenvalue weighted by Crippen LogP contribution is -2.30. The van der Waals surface area contributed by atoms with E-state index in [-0.39, 0.29) is 12.3 Å². The van der Waals surface area contributed by atoms with Crippen molar-refractivity contribution >= 4 is 11.6 Å². The summed E-state index contributed by atoms with van der Waals surface area (Å²) in [5.41, 5.74) is 2.77. The van der Waals surface area contributed by atoms with Crippen molar-refractivity contribution in [2.45, 2.75) is 26.3 Å². The second-order valence-corrected chi connectivity index (χ2v) is 7.27. The van der Waals surface area contributed by atoms with E-state index < -0.39 is 0 Å². The Hall–Kier alpha value is -3.93. The molecule has 6 heteroatoms. The van der Waals surface area contributed by atoms with Gasteiger partial charge in [0.15, 0.2) is 0 Å². The van der Waals surface area contributed by atoms with Gasteiger partial charge in [-0.1, -0.05) is 53.7 Å². The molecule has 0 radical (unpaired) electrons. The van der Waals surface area contributed by atoms with Crippen LogP contribution in [-0.2, 0) is 17.8 Å². The first kappa shape index (κ1) is 21.3. The Labute approximate surface area is 187 Å². The van der Waals surface area contributed by atoms with Crippen LogP contribution in [0.2, 0.25) is 0 Å². The number of ether oxygens (including phenoxy) is 1. The molecule has 1 aromatic heterocycles. The summed E-state index contributed by atoms with van der Waals surface area (Å²) in [4.78, 5) is 19.4. The Balaban J connectivity index is 1.43. The molecule has 0 unspecified atom stereocenters. The number of nitrogens with zero attached hydrogens (tertiary/aromatic N) is 3. The summed E-state index contributed by atoms with van der Waals surface area (Å²) < 4.78 is 10.8. The van der Waals surface area contributed by atoms with Gasteiger partial charge in [-0.2, -0.15) is 4.98 Å². The van der Waals surface area contributed by atoms with Crippen molar-refractivity contribution in [2.24, 2.45) is 0 Å². The molecule has 0 saturated carbocycles. The summed E-state index contributed by atoms with van der Waals surface area (Å²) in [6, 6.07) is 27.2. The maximum Gasteiger partial charge on any atom is 0.227 e. The molecule has 0 fully saturated rings. The molecule has 0 N–H and O–H groups in total. The highest BCUT2D eigenvalue weighted by Gasteiger charge is 2.18. The van der Waals surface area contributed by atoms with Crippen LogP contribution in [0.4, 0.5) is 5.69 Å². The van der Waals surface area contributed by atoms with Crippen molar-refractivity contribution in [1.29, 1.82) is 0 Å². The summed E-state index contributed by atoms with van der Waals surface area (Å²) >= 11 is 0. The van der Waals surface area contributed by atoms with Gasteiger partial charge in [0.25, 0.3) is 0 Å². The molecule has 4 rings (SSSR count). The molecule has 4 aromatic rings. The Kier molecular flexibility index (Phi) is 6.92. The van der Waals surface area contributed by atoms with Crippen LogP contribution in [0.25, 0.3) is 11.4 Å². The average molecular weight is 428 g/mol. The van der Waals surface area contributed by atoms with Gasteiger partial charge in [0, 0.05) is 24.1 Å². The Morgan fingerprint density at radius 2 is 1.62 bits per heavy atom. The van der Waals surface area contributed by atoms with Crippen LogP contribution in [0, 0.1) is 0 Å². The fourth-order valence-corrected chi connectivity index (χ4v) is 3.39. The number of aromatic nitrogens is 2. The number of rotatable bonds is 9. The van der Waals surface area contributed by atoms with Gasteiger partial charge in [0.05, 0.1) is 13.2 Å². The standard InChI is InChI=1S/C26H25N3O3/c1-2-31-23-15-13-21(14-16-23)26-27-24(32-28-26)17-18-25(30)29(22-11-7-4-8-12-22)19-20-9-5-3-6-10-20/h3-16H,2,17-19H2,1H3. The fourth-order valence-electron chi connectivity index (χ4n) is 3.39. The molecule has 0 bridgehead atoms. The predicted octanol–water partition coefficient (Wildman–Crippen LogP) is 5.30. The lowest BCUT2D eigenvalue weighted by Gasteiger charge is -2.23. The van der Waals surface area contributed by atoms with E-state index >= 15 is 0 Å². The SMILES string of the molecule is CCOc1ccc(-c2noc(CCC(=O)N(Cc3ccccc3)c3ccccc3)n2)cc1. The van der Waals surface area contributed by atoms with Gasteiger partial charge in [-0.25, -0.2) is 0 Å². The first-order chi connectivity index (χ1) is 15.7.